The van der Waals surface area contributed by atoms with Crippen LogP contribution in [0.1, 0.15) is 77.4 Å². The molecule has 0 bridgehead atoms. The van der Waals surface area contributed by atoms with Crippen LogP contribution in [0.25, 0.3) is 5.65 Å². The van der Waals surface area contributed by atoms with Gasteiger partial charge in [0.2, 0.25) is 10.0 Å². The Hall–Kier alpha value is -3.18. The van der Waals surface area contributed by atoms with Crippen molar-refractivity contribution in [3.63, 3.8) is 0 Å². The van der Waals surface area contributed by atoms with E-state index in [1.54, 1.807) is 13.0 Å². The van der Waals surface area contributed by atoms with Crippen LogP contribution >= 0.6 is 0 Å². The maximum Gasteiger partial charge on any atom is 0.337 e. The summed E-state index contributed by atoms with van der Waals surface area (Å²) >= 11 is 0. The molecule has 0 spiro atoms. The van der Waals surface area contributed by atoms with Crippen LogP contribution in [0.3, 0.4) is 0 Å². The van der Waals surface area contributed by atoms with Gasteiger partial charge < -0.3 is 15.3 Å². The number of fused-ring (bicyclic) bond motifs is 1. The standard InChI is InChI=1S/C18H27N5.C9H11NO4S/c1-13-14(2)20-17-12-16(15-8-4-5-9-19-15)21-23(17)18(13)22-10-6-3-7-11-22;1-6-3-4-8(10-15(2,13)14)7(5-6)9(11)12/h12,15,19H,3-11H2,1-2H3;3-5,10H,1-2H3,(H,11,12). The third-order valence-electron chi connectivity index (χ3n) is 7.09. The Kier molecular flexibility index (Phi) is 8.57. The zero-order chi connectivity index (χ0) is 27.4. The highest BCUT2D eigenvalue weighted by Crippen LogP contribution is 2.29. The molecule has 2 aliphatic heterocycles. The largest absolute Gasteiger partial charge is 0.478 e. The highest BCUT2D eigenvalue weighted by Gasteiger charge is 2.23. The lowest BCUT2D eigenvalue weighted by Crippen LogP contribution is -2.32. The molecule has 0 aliphatic carbocycles. The zero-order valence-corrected chi connectivity index (χ0v) is 23.4. The number of carbonyl (C=O) groups is 1. The van der Waals surface area contributed by atoms with Crippen molar-refractivity contribution in [1.82, 2.24) is 19.9 Å². The number of nitrogens with zero attached hydrogens (tertiary/aromatic N) is 4. The number of piperidine rings is 2. The zero-order valence-electron chi connectivity index (χ0n) is 22.6. The Bertz CT molecular complexity index is 1410. The van der Waals surface area contributed by atoms with E-state index in [0.29, 0.717) is 6.04 Å². The SMILES string of the molecule is Cc1ccc(NS(C)(=O)=O)c(C(=O)O)c1.Cc1nc2cc(C3CCCCN3)nn2c(N2CCCCC2)c1C. The van der Waals surface area contributed by atoms with Gasteiger partial charge in [-0.15, -0.1) is 0 Å². The first kappa shape index (κ1) is 27.8. The van der Waals surface area contributed by atoms with Crippen molar-refractivity contribution in [2.24, 2.45) is 0 Å². The molecule has 2 saturated heterocycles. The van der Waals surface area contributed by atoms with Gasteiger partial charge in [0.1, 0.15) is 5.82 Å². The molecule has 10 nitrogen and oxygen atoms in total. The van der Waals surface area contributed by atoms with Gasteiger partial charge in [0.15, 0.2) is 5.65 Å². The van der Waals surface area contributed by atoms with Gasteiger partial charge in [0.25, 0.3) is 0 Å². The number of carboxylic acids is 1. The van der Waals surface area contributed by atoms with E-state index in [9.17, 15) is 13.2 Å². The number of sulfonamides is 1. The van der Waals surface area contributed by atoms with Crippen molar-refractivity contribution in [1.29, 1.82) is 0 Å². The van der Waals surface area contributed by atoms with Gasteiger partial charge in [-0.3, -0.25) is 4.72 Å². The van der Waals surface area contributed by atoms with Crippen LogP contribution < -0.4 is 14.9 Å². The van der Waals surface area contributed by atoms with Crippen molar-refractivity contribution < 1.29 is 18.3 Å². The summed E-state index contributed by atoms with van der Waals surface area (Å²) in [5.41, 5.74) is 5.32. The molecule has 2 fully saturated rings. The van der Waals surface area contributed by atoms with E-state index in [0.717, 1.165) is 48.5 Å². The molecular weight excluding hydrogens is 504 g/mol. The molecule has 206 valence electrons. The fourth-order valence-corrected chi connectivity index (χ4v) is 5.65. The number of anilines is 2. The summed E-state index contributed by atoms with van der Waals surface area (Å²) in [6.07, 6.45) is 8.62. The maximum atomic E-state index is 11.0. The third-order valence-corrected chi connectivity index (χ3v) is 7.68. The van der Waals surface area contributed by atoms with E-state index < -0.39 is 16.0 Å². The summed E-state index contributed by atoms with van der Waals surface area (Å²) in [5.74, 6) is 0.0964. The number of aromatic nitrogens is 3. The molecule has 0 amide bonds. The number of nitrogens with one attached hydrogen (secondary N) is 2. The summed E-state index contributed by atoms with van der Waals surface area (Å²) in [6.45, 7) is 9.41. The van der Waals surface area contributed by atoms with Crippen LogP contribution in [-0.2, 0) is 10.0 Å². The summed E-state index contributed by atoms with van der Waals surface area (Å²) in [5, 5.41) is 17.4. The minimum Gasteiger partial charge on any atom is -0.478 e. The Labute approximate surface area is 224 Å². The quantitative estimate of drug-likeness (QED) is 0.437. The minimum absolute atomic E-state index is 0.0552. The number of benzene rings is 1. The molecule has 2 aromatic heterocycles. The molecule has 3 aromatic rings. The molecule has 1 unspecified atom stereocenters. The number of aromatic carboxylic acids is 1. The van der Waals surface area contributed by atoms with Gasteiger partial charge in [0, 0.05) is 30.4 Å². The van der Waals surface area contributed by atoms with Crippen molar-refractivity contribution in [2.75, 3.05) is 35.5 Å². The normalized spacial score (nSPS) is 18.1. The predicted molar refractivity (Wildman–Crippen MR) is 150 cm³/mol. The van der Waals surface area contributed by atoms with Gasteiger partial charge in [-0.25, -0.2) is 18.2 Å². The van der Waals surface area contributed by atoms with Crippen LogP contribution in [0.4, 0.5) is 11.5 Å². The summed E-state index contributed by atoms with van der Waals surface area (Å²) in [7, 11) is -3.46. The Balaban J connectivity index is 0.000000196. The lowest BCUT2D eigenvalue weighted by atomic mass is 10.0. The third kappa shape index (κ3) is 6.63. The average molecular weight is 543 g/mol. The molecule has 0 radical (unpaired) electrons. The monoisotopic (exact) mass is 542 g/mol. The van der Waals surface area contributed by atoms with Gasteiger partial charge >= 0.3 is 5.97 Å². The number of hydrogen-bond acceptors (Lipinski definition) is 7. The summed E-state index contributed by atoms with van der Waals surface area (Å²) in [4.78, 5) is 18.1. The first-order valence-corrected chi connectivity index (χ1v) is 15.1. The lowest BCUT2D eigenvalue weighted by molar-refractivity contribution is 0.0698. The Morgan fingerprint density at radius 1 is 1.08 bits per heavy atom. The molecule has 1 aromatic carbocycles. The molecule has 0 saturated carbocycles. The minimum atomic E-state index is -3.46. The fourth-order valence-electron chi connectivity index (χ4n) is 5.08. The Morgan fingerprint density at radius 2 is 1.82 bits per heavy atom. The second-order valence-electron chi connectivity index (χ2n) is 10.3. The van der Waals surface area contributed by atoms with Gasteiger partial charge in [-0.05, 0) is 71.6 Å². The highest BCUT2D eigenvalue weighted by molar-refractivity contribution is 7.92. The van der Waals surface area contributed by atoms with Gasteiger partial charge in [0.05, 0.1) is 29.2 Å². The van der Waals surface area contributed by atoms with E-state index in [4.69, 9.17) is 15.2 Å². The van der Waals surface area contributed by atoms with E-state index in [1.807, 2.05) is 0 Å². The number of carboxylic acid groups (broad SMARTS) is 1. The van der Waals surface area contributed by atoms with Crippen LogP contribution in [0.5, 0.6) is 0 Å². The smallest absolute Gasteiger partial charge is 0.337 e. The lowest BCUT2D eigenvalue weighted by Gasteiger charge is -2.30. The number of rotatable bonds is 5. The van der Waals surface area contributed by atoms with Crippen molar-refractivity contribution in [3.8, 4) is 0 Å². The number of aryl methyl sites for hydroxylation is 2. The van der Waals surface area contributed by atoms with Gasteiger partial charge in [-0.2, -0.15) is 9.61 Å². The van der Waals surface area contributed by atoms with E-state index in [-0.39, 0.29) is 11.3 Å². The average Bonchev–Trinajstić information content (AvgIpc) is 3.30. The molecule has 38 heavy (non-hydrogen) atoms. The van der Waals surface area contributed by atoms with Crippen molar-refractivity contribution >= 4 is 33.1 Å². The molecular formula is C27H38N6O4S. The molecule has 4 heterocycles. The highest BCUT2D eigenvalue weighted by atomic mass is 32.2. The van der Waals surface area contributed by atoms with E-state index in [2.05, 4.69) is 39.4 Å². The van der Waals surface area contributed by atoms with E-state index in [1.165, 1.54) is 62.0 Å². The molecule has 3 N–H and O–H groups in total. The van der Waals surface area contributed by atoms with Crippen molar-refractivity contribution in [2.45, 2.75) is 65.3 Å². The first-order chi connectivity index (χ1) is 18.0. The van der Waals surface area contributed by atoms with Gasteiger partial charge in [-0.1, -0.05) is 18.1 Å². The van der Waals surface area contributed by atoms with Crippen molar-refractivity contribution in [3.05, 3.63) is 52.3 Å². The van der Waals surface area contributed by atoms with Crippen LogP contribution in [0.2, 0.25) is 0 Å². The molecule has 2 aliphatic rings. The second-order valence-corrected chi connectivity index (χ2v) is 12.0. The summed E-state index contributed by atoms with van der Waals surface area (Å²) in [6, 6.07) is 7.05. The Morgan fingerprint density at radius 3 is 2.45 bits per heavy atom. The fraction of sp³-hybridized carbons (Fsp3) is 0.519. The number of hydrogen-bond donors (Lipinski definition) is 3. The second kappa shape index (κ2) is 11.7. The molecule has 1 atom stereocenters. The molecule has 5 rings (SSSR count). The molecule has 11 heteroatoms. The summed E-state index contributed by atoms with van der Waals surface area (Å²) < 4.78 is 26.2. The van der Waals surface area contributed by atoms with Crippen LogP contribution in [0, 0.1) is 20.8 Å². The maximum absolute atomic E-state index is 11.0. The van der Waals surface area contributed by atoms with Crippen LogP contribution in [0.15, 0.2) is 24.3 Å². The van der Waals surface area contributed by atoms with E-state index >= 15 is 0 Å². The van der Waals surface area contributed by atoms with Crippen LogP contribution in [-0.4, -0.2) is 60.0 Å². The predicted octanol–water partition coefficient (Wildman–Crippen LogP) is 4.22. The first-order valence-electron chi connectivity index (χ1n) is 13.2. The topological polar surface area (TPSA) is 129 Å².